The van der Waals surface area contributed by atoms with Gasteiger partial charge in [0.15, 0.2) is 0 Å². The molecule has 0 aliphatic rings. The molecule has 0 bridgehead atoms. The van der Waals surface area contributed by atoms with Crippen LogP contribution in [0.25, 0.3) is 0 Å². The third kappa shape index (κ3) is 3.96. The van der Waals surface area contributed by atoms with Crippen LogP contribution in [0, 0.1) is 0 Å². The Balaban J connectivity index is 2.94. The normalized spacial score (nSPS) is 14.2. The van der Waals surface area contributed by atoms with Crippen LogP contribution < -0.4 is 4.74 Å². The fourth-order valence-corrected chi connectivity index (χ4v) is 2.53. The highest BCUT2D eigenvalue weighted by molar-refractivity contribution is 5.67. The molecule has 19 heavy (non-hydrogen) atoms. The van der Waals surface area contributed by atoms with Crippen molar-refractivity contribution in [3.8, 4) is 5.75 Å². The number of aliphatic carboxylic acids is 1. The van der Waals surface area contributed by atoms with Crippen LogP contribution in [0.1, 0.15) is 38.8 Å². The maximum Gasteiger partial charge on any atom is 0.304 e. The summed E-state index contributed by atoms with van der Waals surface area (Å²) in [5.41, 5.74) is 1.09. The van der Waals surface area contributed by atoms with E-state index < -0.39 is 5.97 Å². The quantitative estimate of drug-likeness (QED) is 0.823. The molecule has 0 radical (unpaired) electrons. The maximum atomic E-state index is 10.9. The number of para-hydroxylation sites is 1. The summed E-state index contributed by atoms with van der Waals surface area (Å²) in [5.74, 6) is 0.0779. The van der Waals surface area contributed by atoms with E-state index in [-0.39, 0.29) is 18.5 Å². The smallest absolute Gasteiger partial charge is 0.304 e. The van der Waals surface area contributed by atoms with E-state index in [9.17, 15) is 4.79 Å². The Morgan fingerprint density at radius 1 is 1.37 bits per heavy atom. The fraction of sp³-hybridized carbons (Fsp3) is 0.533. The van der Waals surface area contributed by atoms with Gasteiger partial charge in [0.2, 0.25) is 0 Å². The molecule has 4 heteroatoms. The predicted molar refractivity (Wildman–Crippen MR) is 75.5 cm³/mol. The summed E-state index contributed by atoms with van der Waals surface area (Å²) in [7, 11) is 1.66. The van der Waals surface area contributed by atoms with E-state index in [2.05, 4.69) is 11.8 Å². The standard InChI is InChI=1S/C15H23NO3/c1-5-16(11(2)10-15(17)18)12(3)13-8-6-7-9-14(13)19-4/h6-9,11-12H,5,10H2,1-4H3,(H,17,18). The lowest BCUT2D eigenvalue weighted by Gasteiger charge is -2.33. The van der Waals surface area contributed by atoms with Crippen LogP contribution in [0.4, 0.5) is 0 Å². The monoisotopic (exact) mass is 265 g/mol. The van der Waals surface area contributed by atoms with Crippen molar-refractivity contribution in [3.05, 3.63) is 29.8 Å². The van der Waals surface area contributed by atoms with Crippen LogP contribution in [0.3, 0.4) is 0 Å². The van der Waals surface area contributed by atoms with Crippen molar-refractivity contribution in [1.29, 1.82) is 0 Å². The van der Waals surface area contributed by atoms with Crippen molar-refractivity contribution in [2.75, 3.05) is 13.7 Å². The molecule has 0 spiro atoms. The number of carboxylic acids is 1. The number of benzene rings is 1. The molecule has 106 valence electrons. The second-order valence-corrected chi connectivity index (χ2v) is 4.70. The number of rotatable bonds is 7. The summed E-state index contributed by atoms with van der Waals surface area (Å²) in [6.07, 6.45) is 0.146. The summed E-state index contributed by atoms with van der Waals surface area (Å²) in [6.45, 7) is 6.88. The molecule has 0 amide bonds. The van der Waals surface area contributed by atoms with Gasteiger partial charge in [-0.3, -0.25) is 9.69 Å². The molecule has 1 N–H and O–H groups in total. The van der Waals surface area contributed by atoms with E-state index in [1.165, 1.54) is 0 Å². The molecule has 4 nitrogen and oxygen atoms in total. The summed E-state index contributed by atoms with van der Waals surface area (Å²) in [4.78, 5) is 13.0. The lowest BCUT2D eigenvalue weighted by Crippen LogP contribution is -2.36. The zero-order valence-corrected chi connectivity index (χ0v) is 12.1. The molecule has 0 aliphatic carbocycles. The van der Waals surface area contributed by atoms with E-state index in [1.54, 1.807) is 7.11 Å². The average molecular weight is 265 g/mol. The van der Waals surface area contributed by atoms with E-state index in [1.807, 2.05) is 38.1 Å². The lowest BCUT2D eigenvalue weighted by molar-refractivity contribution is -0.138. The Labute approximate surface area is 115 Å². The van der Waals surface area contributed by atoms with Crippen molar-refractivity contribution >= 4 is 5.97 Å². The van der Waals surface area contributed by atoms with Crippen molar-refractivity contribution < 1.29 is 14.6 Å². The third-order valence-corrected chi connectivity index (χ3v) is 3.49. The first-order chi connectivity index (χ1) is 9.01. The zero-order valence-electron chi connectivity index (χ0n) is 12.1. The number of ether oxygens (including phenoxy) is 1. The van der Waals surface area contributed by atoms with Crippen LogP contribution in [0.5, 0.6) is 5.75 Å². The molecule has 0 fully saturated rings. The van der Waals surface area contributed by atoms with Crippen LogP contribution in [-0.4, -0.2) is 35.7 Å². The molecule has 0 saturated heterocycles. The van der Waals surface area contributed by atoms with E-state index in [0.29, 0.717) is 0 Å². The Hall–Kier alpha value is -1.55. The fourth-order valence-electron chi connectivity index (χ4n) is 2.53. The summed E-state index contributed by atoms with van der Waals surface area (Å²) in [6, 6.07) is 7.98. The van der Waals surface area contributed by atoms with Crippen molar-refractivity contribution in [2.24, 2.45) is 0 Å². The summed E-state index contributed by atoms with van der Waals surface area (Å²) in [5, 5.41) is 8.93. The summed E-state index contributed by atoms with van der Waals surface area (Å²) >= 11 is 0. The van der Waals surface area contributed by atoms with Crippen LogP contribution in [-0.2, 0) is 4.79 Å². The minimum Gasteiger partial charge on any atom is -0.496 e. The first-order valence-electron chi connectivity index (χ1n) is 6.61. The molecule has 0 heterocycles. The van der Waals surface area contributed by atoms with Crippen molar-refractivity contribution in [1.82, 2.24) is 4.90 Å². The van der Waals surface area contributed by atoms with Gasteiger partial charge in [0.05, 0.1) is 13.5 Å². The second-order valence-electron chi connectivity index (χ2n) is 4.70. The highest BCUT2D eigenvalue weighted by Crippen LogP contribution is 2.30. The van der Waals surface area contributed by atoms with Gasteiger partial charge < -0.3 is 9.84 Å². The molecule has 2 atom stereocenters. The van der Waals surface area contributed by atoms with Gasteiger partial charge in [0, 0.05) is 17.6 Å². The largest absolute Gasteiger partial charge is 0.496 e. The van der Waals surface area contributed by atoms with Gasteiger partial charge in [-0.1, -0.05) is 25.1 Å². The lowest BCUT2D eigenvalue weighted by atomic mass is 10.0. The second kappa shape index (κ2) is 7.14. The van der Waals surface area contributed by atoms with Gasteiger partial charge in [0.1, 0.15) is 5.75 Å². The first kappa shape index (κ1) is 15.5. The molecule has 0 aromatic heterocycles. The predicted octanol–water partition coefficient (Wildman–Crippen LogP) is 2.94. The average Bonchev–Trinajstić information content (AvgIpc) is 2.38. The number of hydrogen-bond donors (Lipinski definition) is 1. The van der Waals surface area contributed by atoms with Gasteiger partial charge in [-0.05, 0) is 26.5 Å². The van der Waals surface area contributed by atoms with Crippen LogP contribution >= 0.6 is 0 Å². The molecule has 1 rings (SSSR count). The number of hydrogen-bond acceptors (Lipinski definition) is 3. The van der Waals surface area contributed by atoms with Gasteiger partial charge in [0.25, 0.3) is 0 Å². The topological polar surface area (TPSA) is 49.8 Å². The minimum absolute atomic E-state index is 0.0117. The van der Waals surface area contributed by atoms with Gasteiger partial charge in [-0.25, -0.2) is 0 Å². The highest BCUT2D eigenvalue weighted by Gasteiger charge is 2.23. The van der Waals surface area contributed by atoms with E-state index in [0.717, 1.165) is 17.9 Å². The van der Waals surface area contributed by atoms with Crippen LogP contribution in [0.15, 0.2) is 24.3 Å². The molecular weight excluding hydrogens is 242 g/mol. The Bertz CT molecular complexity index is 420. The molecule has 1 aromatic rings. The van der Waals surface area contributed by atoms with Gasteiger partial charge in [-0.15, -0.1) is 0 Å². The number of carbonyl (C=O) groups is 1. The van der Waals surface area contributed by atoms with Crippen molar-refractivity contribution in [2.45, 2.75) is 39.3 Å². The van der Waals surface area contributed by atoms with Crippen LogP contribution in [0.2, 0.25) is 0 Å². The molecule has 0 aliphatic heterocycles. The molecule has 2 unspecified atom stereocenters. The SMILES string of the molecule is CCN(C(C)CC(=O)O)C(C)c1ccccc1OC. The highest BCUT2D eigenvalue weighted by atomic mass is 16.5. The molecule has 0 saturated carbocycles. The van der Waals surface area contributed by atoms with Crippen molar-refractivity contribution in [3.63, 3.8) is 0 Å². The molecule has 1 aromatic carbocycles. The Kier molecular flexibility index (Phi) is 5.83. The van der Waals surface area contributed by atoms with E-state index >= 15 is 0 Å². The zero-order chi connectivity index (χ0) is 14.4. The number of methoxy groups -OCH3 is 1. The number of carboxylic acid groups (broad SMARTS) is 1. The summed E-state index contributed by atoms with van der Waals surface area (Å²) < 4.78 is 5.38. The number of nitrogens with zero attached hydrogens (tertiary/aromatic N) is 1. The minimum atomic E-state index is -0.766. The first-order valence-corrected chi connectivity index (χ1v) is 6.61. The van der Waals surface area contributed by atoms with Gasteiger partial charge >= 0.3 is 5.97 Å². The third-order valence-electron chi connectivity index (χ3n) is 3.49. The Morgan fingerprint density at radius 2 is 2.00 bits per heavy atom. The van der Waals surface area contributed by atoms with Gasteiger partial charge in [-0.2, -0.15) is 0 Å². The van der Waals surface area contributed by atoms with E-state index in [4.69, 9.17) is 9.84 Å². The maximum absolute atomic E-state index is 10.9. The Morgan fingerprint density at radius 3 is 2.53 bits per heavy atom. The molecular formula is C15H23NO3.